The third-order valence-corrected chi connectivity index (χ3v) is 14.3. The molecule has 6 N–H and O–H groups in total. The van der Waals surface area contributed by atoms with Gasteiger partial charge in [0, 0.05) is 50.2 Å². The van der Waals surface area contributed by atoms with Crippen LogP contribution in [-0.2, 0) is 33.2 Å². The van der Waals surface area contributed by atoms with Crippen molar-refractivity contribution in [2.24, 2.45) is 22.9 Å². The van der Waals surface area contributed by atoms with Crippen LogP contribution in [0.4, 0.5) is 5.69 Å². The summed E-state index contributed by atoms with van der Waals surface area (Å²) >= 11 is 0. The third kappa shape index (κ3) is 13.3. The van der Waals surface area contributed by atoms with Gasteiger partial charge in [0.15, 0.2) is 12.6 Å². The lowest BCUT2D eigenvalue weighted by Gasteiger charge is -2.49. The van der Waals surface area contributed by atoms with Crippen LogP contribution >= 0.6 is 0 Å². The molecule has 18 heteroatoms. The summed E-state index contributed by atoms with van der Waals surface area (Å²) in [6.07, 6.45) is -8.68. The van der Waals surface area contributed by atoms with E-state index in [4.69, 9.17) is 28.4 Å². The van der Waals surface area contributed by atoms with Crippen molar-refractivity contribution in [1.82, 2.24) is 15.1 Å². The maximum Gasteiger partial charge on any atom is 0.311 e. The topological polar surface area (TPSA) is 239 Å². The molecule has 18 atom stereocenters. The molecule has 0 unspecified atom stereocenters. The quantitative estimate of drug-likeness (QED) is 0.0944. The number of nitroso groups, excluding NO2 is 1. The second-order valence-corrected chi connectivity index (χ2v) is 19.9. The normalized spacial score (nSPS) is 41.8. The Morgan fingerprint density at radius 1 is 0.985 bits per heavy atom. The number of methoxy groups -OCH3 is 1. The molecular weight excluding hydrogens is 845 g/mol. The Balaban J connectivity index is 1.68. The fourth-order valence-corrected chi connectivity index (χ4v) is 10.1. The second-order valence-electron chi connectivity index (χ2n) is 19.9. The summed E-state index contributed by atoms with van der Waals surface area (Å²) in [6, 6.07) is 5.00. The number of amides is 1. The van der Waals surface area contributed by atoms with Crippen LogP contribution < -0.4 is 5.32 Å². The molecule has 1 aromatic rings. The number of nitrogens with one attached hydrogen (secondary N) is 1. The van der Waals surface area contributed by atoms with Gasteiger partial charge in [-0.1, -0.05) is 20.8 Å². The number of cyclic esters (lactones) is 1. The first-order valence-electron chi connectivity index (χ1n) is 23.3. The summed E-state index contributed by atoms with van der Waals surface area (Å²) < 4.78 is 38.0. The Morgan fingerprint density at radius 2 is 1.63 bits per heavy atom. The largest absolute Gasteiger partial charge is 0.459 e. The van der Waals surface area contributed by atoms with E-state index in [1.807, 2.05) is 37.7 Å². The molecule has 3 heterocycles. The van der Waals surface area contributed by atoms with Crippen LogP contribution in [0.1, 0.15) is 112 Å². The molecule has 3 fully saturated rings. The number of carbonyl (C=O) groups excluding carboxylic acids is 2. The van der Waals surface area contributed by atoms with Gasteiger partial charge in [-0.3, -0.25) is 9.59 Å². The number of likely N-dealkylation sites (N-methyl/N-ethyl adjacent to an activating group) is 2. The van der Waals surface area contributed by atoms with Gasteiger partial charge in [0.2, 0.25) is 0 Å². The Hall–Kier alpha value is -2.72. The van der Waals surface area contributed by atoms with E-state index < -0.39 is 102 Å². The molecule has 3 saturated heterocycles. The number of aliphatic hydroxyl groups is 5. The molecule has 0 radical (unpaired) electrons. The number of ether oxygens (including phenoxy) is 6. The molecular formula is C47H80N4O14. The van der Waals surface area contributed by atoms with E-state index in [0.717, 1.165) is 0 Å². The highest BCUT2D eigenvalue weighted by molar-refractivity contribution is 5.94. The molecule has 0 bridgehead atoms. The molecule has 0 aromatic heterocycles. The van der Waals surface area contributed by atoms with E-state index in [1.54, 1.807) is 48.5 Å². The molecule has 0 aliphatic carbocycles. The average molecular weight is 925 g/mol. The van der Waals surface area contributed by atoms with E-state index >= 15 is 0 Å². The van der Waals surface area contributed by atoms with Gasteiger partial charge in [-0.15, -0.1) is 4.91 Å². The van der Waals surface area contributed by atoms with Crippen LogP contribution in [-0.4, -0.2) is 178 Å². The molecule has 0 spiro atoms. The zero-order valence-electron chi connectivity index (χ0n) is 40.9. The Kier molecular flexibility index (Phi) is 19.5. The summed E-state index contributed by atoms with van der Waals surface area (Å²) in [6.45, 7) is 18.6. The van der Waals surface area contributed by atoms with Gasteiger partial charge in [0.05, 0.1) is 41.5 Å². The van der Waals surface area contributed by atoms with Crippen molar-refractivity contribution >= 4 is 17.6 Å². The fourth-order valence-electron chi connectivity index (χ4n) is 10.1. The van der Waals surface area contributed by atoms with Gasteiger partial charge in [-0.05, 0) is 130 Å². The molecule has 18 nitrogen and oxygen atoms in total. The smallest absolute Gasteiger partial charge is 0.311 e. The number of nitrogens with zero attached hydrogens (tertiary/aromatic N) is 3. The number of hydrogen-bond donors (Lipinski definition) is 6. The molecule has 3 aliphatic rings. The van der Waals surface area contributed by atoms with Crippen LogP contribution in [0.2, 0.25) is 0 Å². The van der Waals surface area contributed by atoms with E-state index in [-0.39, 0.29) is 42.9 Å². The van der Waals surface area contributed by atoms with Gasteiger partial charge >= 0.3 is 5.97 Å². The van der Waals surface area contributed by atoms with E-state index in [0.29, 0.717) is 38.0 Å². The lowest BCUT2D eigenvalue weighted by Crippen LogP contribution is -2.61. The summed E-state index contributed by atoms with van der Waals surface area (Å²) in [4.78, 5) is 41.8. The Morgan fingerprint density at radius 3 is 2.23 bits per heavy atom. The van der Waals surface area contributed by atoms with Crippen LogP contribution in [0, 0.1) is 22.7 Å². The van der Waals surface area contributed by atoms with Crippen molar-refractivity contribution in [2.75, 3.05) is 40.8 Å². The number of aliphatic hydroxyl groups excluding tert-OH is 3. The lowest BCUT2D eigenvalue weighted by atomic mass is 9.77. The zero-order chi connectivity index (χ0) is 48.8. The van der Waals surface area contributed by atoms with Crippen molar-refractivity contribution in [3.05, 3.63) is 34.7 Å². The Bertz CT molecular complexity index is 1690. The molecule has 1 aromatic carbocycles. The number of benzene rings is 1. The van der Waals surface area contributed by atoms with Crippen molar-refractivity contribution in [3.8, 4) is 0 Å². The number of hydrogen-bond acceptors (Lipinski definition) is 17. The highest BCUT2D eigenvalue weighted by Gasteiger charge is 2.53. The standard InChI is InChI=1S/C47H80N4O14/c1-14-35-47(10,58)39(53)30(6)51(12)25-26(2)23-45(8,57)41(28(4)38(29(5)43(56)63-35)64-36-24-46(9,60-13)40(54)31(7)62-36)65-44-37(52)34(22-27(3)61-44)50(11)21-15-20-48-42(55)32-16-18-33(49-59)19-17-32/h16-19,26-31,34-41,44,52-54,57-58H,14-15,20-25H2,1-13H3,(H,48,55)/t26-,27-,28+,29-,30-,31+,34+,35-,36+,37-,38+,39-,40+,41-,44+,45-,46-,47-/m1/s1. The molecule has 4 rings (SSSR count). The van der Waals surface area contributed by atoms with Gasteiger partial charge < -0.3 is 69.1 Å². The van der Waals surface area contributed by atoms with Gasteiger partial charge in [0.25, 0.3) is 5.91 Å². The monoisotopic (exact) mass is 925 g/mol. The van der Waals surface area contributed by atoms with Crippen LogP contribution in [0.5, 0.6) is 0 Å². The first-order valence-corrected chi connectivity index (χ1v) is 23.3. The first-order chi connectivity index (χ1) is 30.3. The van der Waals surface area contributed by atoms with Crippen LogP contribution in [0.25, 0.3) is 0 Å². The molecule has 0 saturated carbocycles. The molecule has 372 valence electrons. The van der Waals surface area contributed by atoms with Gasteiger partial charge in [0.1, 0.15) is 35.7 Å². The van der Waals surface area contributed by atoms with Crippen molar-refractivity contribution < 1.29 is 63.5 Å². The van der Waals surface area contributed by atoms with Crippen LogP contribution in [0.3, 0.4) is 0 Å². The highest BCUT2D eigenvalue weighted by Crippen LogP contribution is 2.40. The minimum Gasteiger partial charge on any atom is -0.459 e. The van der Waals surface area contributed by atoms with Gasteiger partial charge in [-0.2, -0.15) is 0 Å². The van der Waals surface area contributed by atoms with Crippen LogP contribution in [0.15, 0.2) is 29.4 Å². The fraction of sp³-hybridized carbons (Fsp3) is 0.830. The molecule has 3 aliphatic heterocycles. The summed E-state index contributed by atoms with van der Waals surface area (Å²) in [5.74, 6) is -3.12. The maximum absolute atomic E-state index is 14.4. The summed E-state index contributed by atoms with van der Waals surface area (Å²) in [7, 11) is 5.19. The zero-order valence-corrected chi connectivity index (χ0v) is 40.9. The lowest BCUT2D eigenvalue weighted by molar-refractivity contribution is -0.318. The minimum absolute atomic E-state index is 0.0908. The average Bonchev–Trinajstić information content (AvgIpc) is 3.25. The number of rotatable bonds is 13. The second kappa shape index (κ2) is 23.1. The Labute approximate surface area is 385 Å². The SMILES string of the molecule is CC[C@H]1OC(=O)[C@H](C)[C@@H](O[C@H]2C[C@@](C)(OC)[C@@H](O)[C@H](C)O2)[C@H](C)[C@@H](O[C@@H]2O[C@H](C)C[C@H](N(C)CCCNC(=O)c3ccc(N=O)cc3)[C@H]2O)[C@](C)(O)C[C@@H](C)CN(C)[C@H](C)[C@@H](O)[C@]1(C)O. The first kappa shape index (κ1) is 54.9. The molecule has 1 amide bonds. The van der Waals surface area contributed by atoms with Gasteiger partial charge in [-0.25, -0.2) is 0 Å². The minimum atomic E-state index is -1.84. The van der Waals surface area contributed by atoms with E-state index in [1.165, 1.54) is 38.3 Å². The maximum atomic E-state index is 14.4. The summed E-state index contributed by atoms with van der Waals surface area (Å²) in [5, 5.41) is 65.0. The number of esters is 1. The van der Waals surface area contributed by atoms with Crippen molar-refractivity contribution in [2.45, 2.75) is 192 Å². The number of carbonyl (C=O) groups is 2. The highest BCUT2D eigenvalue weighted by atomic mass is 16.7. The van der Waals surface area contributed by atoms with Crippen molar-refractivity contribution in [3.63, 3.8) is 0 Å². The predicted molar refractivity (Wildman–Crippen MR) is 242 cm³/mol. The molecule has 65 heavy (non-hydrogen) atoms. The van der Waals surface area contributed by atoms with E-state index in [2.05, 4.69) is 10.5 Å². The summed E-state index contributed by atoms with van der Waals surface area (Å²) in [5.41, 5.74) is -3.92. The van der Waals surface area contributed by atoms with E-state index in [9.17, 15) is 40.0 Å². The van der Waals surface area contributed by atoms with Crippen molar-refractivity contribution in [1.29, 1.82) is 0 Å². The third-order valence-electron chi connectivity index (χ3n) is 14.3. The predicted octanol–water partition coefficient (Wildman–Crippen LogP) is 3.49.